The summed E-state index contributed by atoms with van der Waals surface area (Å²) < 4.78 is 0. The molecule has 13 heteroatoms. The van der Waals surface area contributed by atoms with Gasteiger partial charge >= 0.3 is 5.97 Å². The van der Waals surface area contributed by atoms with E-state index in [0.29, 0.717) is 11.4 Å². The molecule has 2 aromatic heterocycles. The number of carbonyl (C=O) groups is 4. The van der Waals surface area contributed by atoms with Gasteiger partial charge in [-0.3, -0.25) is 19.2 Å². The molecule has 0 aliphatic rings. The zero-order valence-corrected chi connectivity index (χ0v) is 17.8. The van der Waals surface area contributed by atoms with Gasteiger partial charge in [-0.15, -0.1) is 0 Å². The first-order valence-corrected chi connectivity index (χ1v) is 9.97. The molecule has 0 aromatic carbocycles. The summed E-state index contributed by atoms with van der Waals surface area (Å²) in [5.41, 5.74) is 7.22. The standard InChI is InChI=1S/C19H28N8O5/c1-10(2)16(19(32)23-7-15(28)29)27-18(31)14(4-12-6-22-9-25-12)26-17(30)13(20)3-11-5-21-8-24-11/h5-6,8-10,13-14,16H,3-4,7,20H2,1-2H3,(H,21,24)(H,22,25)(H,23,32)(H,26,30)(H,27,31)(H,28,29). The van der Waals surface area contributed by atoms with Crippen LogP contribution in [0.3, 0.4) is 0 Å². The second-order valence-corrected chi connectivity index (χ2v) is 7.57. The number of aliphatic carboxylic acids is 1. The second-order valence-electron chi connectivity index (χ2n) is 7.57. The minimum absolute atomic E-state index is 0.0793. The van der Waals surface area contributed by atoms with Crippen molar-refractivity contribution in [3.8, 4) is 0 Å². The maximum absolute atomic E-state index is 13.0. The molecule has 0 aliphatic carbocycles. The lowest BCUT2D eigenvalue weighted by molar-refractivity contribution is -0.139. The summed E-state index contributed by atoms with van der Waals surface area (Å²) in [7, 11) is 0. The number of aromatic amines is 2. The lowest BCUT2D eigenvalue weighted by Crippen LogP contribution is -2.58. The average Bonchev–Trinajstić information content (AvgIpc) is 3.43. The summed E-state index contributed by atoms with van der Waals surface area (Å²) >= 11 is 0. The predicted molar refractivity (Wildman–Crippen MR) is 112 cm³/mol. The van der Waals surface area contributed by atoms with E-state index in [2.05, 4.69) is 35.9 Å². The van der Waals surface area contributed by atoms with Gasteiger partial charge in [0.15, 0.2) is 0 Å². The van der Waals surface area contributed by atoms with E-state index in [0.717, 1.165) is 0 Å². The van der Waals surface area contributed by atoms with E-state index in [1.54, 1.807) is 20.0 Å². The lowest BCUT2D eigenvalue weighted by atomic mass is 10.0. The molecule has 0 saturated heterocycles. The zero-order chi connectivity index (χ0) is 23.7. The lowest BCUT2D eigenvalue weighted by Gasteiger charge is -2.25. The highest BCUT2D eigenvalue weighted by Gasteiger charge is 2.30. The summed E-state index contributed by atoms with van der Waals surface area (Å²) in [5.74, 6) is -3.36. The SMILES string of the molecule is CC(C)C(NC(=O)C(Cc1cnc[nH]1)NC(=O)C(N)Cc1cnc[nH]1)C(=O)NCC(=O)O. The molecule has 0 bridgehead atoms. The zero-order valence-electron chi connectivity index (χ0n) is 17.8. The van der Waals surface area contributed by atoms with Crippen molar-refractivity contribution in [2.45, 2.75) is 44.8 Å². The number of carbonyl (C=O) groups excluding carboxylic acids is 3. The summed E-state index contributed by atoms with van der Waals surface area (Å²) in [6.07, 6.45) is 6.23. The third-order valence-electron chi connectivity index (χ3n) is 4.60. The van der Waals surface area contributed by atoms with Crippen LogP contribution in [-0.2, 0) is 32.0 Å². The number of nitrogens with one attached hydrogen (secondary N) is 5. The molecule has 3 amide bonds. The van der Waals surface area contributed by atoms with Gasteiger partial charge in [-0.2, -0.15) is 0 Å². The van der Waals surface area contributed by atoms with Gasteiger partial charge < -0.3 is 36.8 Å². The molecule has 2 heterocycles. The molecule has 8 N–H and O–H groups in total. The quantitative estimate of drug-likeness (QED) is 0.194. The first-order valence-electron chi connectivity index (χ1n) is 9.97. The van der Waals surface area contributed by atoms with E-state index < -0.39 is 48.4 Å². The minimum atomic E-state index is -1.21. The molecule has 3 atom stereocenters. The van der Waals surface area contributed by atoms with Gasteiger partial charge in [0, 0.05) is 36.6 Å². The van der Waals surface area contributed by atoms with E-state index >= 15 is 0 Å². The van der Waals surface area contributed by atoms with E-state index in [9.17, 15) is 19.2 Å². The van der Waals surface area contributed by atoms with Crippen molar-refractivity contribution >= 4 is 23.7 Å². The molecule has 0 saturated carbocycles. The maximum atomic E-state index is 13.0. The van der Waals surface area contributed by atoms with Crippen molar-refractivity contribution in [2.75, 3.05) is 6.54 Å². The van der Waals surface area contributed by atoms with Crippen LogP contribution in [0.4, 0.5) is 0 Å². The molecular formula is C19H28N8O5. The summed E-state index contributed by atoms with van der Waals surface area (Å²) in [6, 6.07) is -2.99. The number of amides is 3. The highest BCUT2D eigenvalue weighted by atomic mass is 16.4. The Labute approximate surface area is 184 Å². The molecule has 174 valence electrons. The van der Waals surface area contributed by atoms with E-state index in [1.807, 2.05) is 0 Å². The van der Waals surface area contributed by atoms with Crippen LogP contribution in [0.5, 0.6) is 0 Å². The van der Waals surface area contributed by atoms with Crippen molar-refractivity contribution in [1.82, 2.24) is 35.9 Å². The fraction of sp³-hybridized carbons (Fsp3) is 0.474. The molecule has 2 aromatic rings. The van der Waals surface area contributed by atoms with Crippen molar-refractivity contribution < 1.29 is 24.3 Å². The molecule has 0 fully saturated rings. The predicted octanol–water partition coefficient (Wildman–Crippen LogP) is -1.93. The fourth-order valence-corrected chi connectivity index (χ4v) is 2.89. The van der Waals surface area contributed by atoms with Gasteiger partial charge in [0.1, 0.15) is 18.6 Å². The molecule has 0 aliphatic heterocycles. The number of hydrogen-bond donors (Lipinski definition) is 7. The van der Waals surface area contributed by atoms with Crippen LogP contribution >= 0.6 is 0 Å². The van der Waals surface area contributed by atoms with Crippen LogP contribution in [-0.4, -0.2) is 73.4 Å². The first kappa shape index (κ1) is 24.5. The fourth-order valence-electron chi connectivity index (χ4n) is 2.89. The van der Waals surface area contributed by atoms with Crippen molar-refractivity contribution in [1.29, 1.82) is 0 Å². The second kappa shape index (κ2) is 11.6. The number of nitrogens with zero attached hydrogens (tertiary/aromatic N) is 2. The van der Waals surface area contributed by atoms with Gasteiger partial charge in [0.05, 0.1) is 18.7 Å². The Balaban J connectivity index is 2.09. The molecular weight excluding hydrogens is 420 g/mol. The van der Waals surface area contributed by atoms with Crippen LogP contribution in [0, 0.1) is 5.92 Å². The third-order valence-corrected chi connectivity index (χ3v) is 4.60. The normalized spacial score (nSPS) is 13.8. The molecule has 0 spiro atoms. The Hall–Kier alpha value is -3.74. The van der Waals surface area contributed by atoms with Crippen LogP contribution in [0.25, 0.3) is 0 Å². The molecule has 0 radical (unpaired) electrons. The number of carboxylic acid groups (broad SMARTS) is 1. The van der Waals surface area contributed by atoms with Gasteiger partial charge in [-0.05, 0) is 5.92 Å². The van der Waals surface area contributed by atoms with Crippen LogP contribution in [0.2, 0.25) is 0 Å². The van der Waals surface area contributed by atoms with Crippen molar-refractivity contribution in [3.05, 3.63) is 36.4 Å². The van der Waals surface area contributed by atoms with Gasteiger partial charge in [0.2, 0.25) is 17.7 Å². The largest absolute Gasteiger partial charge is 0.480 e. The topological polar surface area (TPSA) is 208 Å². The first-order chi connectivity index (χ1) is 15.2. The molecule has 3 unspecified atom stereocenters. The number of H-pyrrole nitrogens is 2. The number of carboxylic acids is 1. The molecule has 2 rings (SSSR count). The van der Waals surface area contributed by atoms with E-state index in [1.165, 1.54) is 18.9 Å². The van der Waals surface area contributed by atoms with Gasteiger partial charge in [-0.25, -0.2) is 9.97 Å². The Bertz CT molecular complexity index is 897. The smallest absolute Gasteiger partial charge is 0.322 e. The Morgan fingerprint density at radius 1 is 0.969 bits per heavy atom. The van der Waals surface area contributed by atoms with Crippen molar-refractivity contribution in [3.63, 3.8) is 0 Å². The third kappa shape index (κ3) is 7.50. The average molecular weight is 448 g/mol. The minimum Gasteiger partial charge on any atom is -0.480 e. The number of aromatic nitrogens is 4. The van der Waals surface area contributed by atoms with Crippen LogP contribution in [0.15, 0.2) is 25.0 Å². The van der Waals surface area contributed by atoms with Gasteiger partial charge in [-0.1, -0.05) is 13.8 Å². The van der Waals surface area contributed by atoms with Gasteiger partial charge in [0.25, 0.3) is 0 Å². The Kier molecular flexibility index (Phi) is 8.89. The van der Waals surface area contributed by atoms with E-state index in [-0.39, 0.29) is 18.8 Å². The monoisotopic (exact) mass is 448 g/mol. The Morgan fingerprint density at radius 3 is 2.06 bits per heavy atom. The Morgan fingerprint density at radius 2 is 1.56 bits per heavy atom. The summed E-state index contributed by atoms with van der Waals surface area (Å²) in [5, 5.41) is 16.2. The highest BCUT2D eigenvalue weighted by molar-refractivity contribution is 5.94. The highest BCUT2D eigenvalue weighted by Crippen LogP contribution is 2.06. The summed E-state index contributed by atoms with van der Waals surface area (Å²) in [6.45, 7) is 2.83. The summed E-state index contributed by atoms with van der Waals surface area (Å²) in [4.78, 5) is 62.2. The van der Waals surface area contributed by atoms with Crippen LogP contribution in [0.1, 0.15) is 25.2 Å². The number of hydrogen-bond acceptors (Lipinski definition) is 7. The van der Waals surface area contributed by atoms with E-state index in [4.69, 9.17) is 10.8 Å². The molecule has 32 heavy (non-hydrogen) atoms. The number of imidazole rings is 2. The molecule has 13 nitrogen and oxygen atoms in total. The number of rotatable bonds is 12. The number of nitrogens with two attached hydrogens (primary N) is 1. The maximum Gasteiger partial charge on any atom is 0.322 e. The van der Waals surface area contributed by atoms with Crippen molar-refractivity contribution in [2.24, 2.45) is 11.7 Å². The van der Waals surface area contributed by atoms with Crippen LogP contribution < -0.4 is 21.7 Å².